The molecule has 2 aromatic rings. The molecule has 2 heterocycles. The Morgan fingerprint density at radius 1 is 1.20 bits per heavy atom. The zero-order valence-electron chi connectivity index (χ0n) is 11.8. The van der Waals surface area contributed by atoms with Gasteiger partial charge in [0.2, 0.25) is 0 Å². The quantitative estimate of drug-likeness (QED) is 0.860. The number of rotatable bonds is 3. The lowest BCUT2D eigenvalue weighted by molar-refractivity contribution is 0.176. The van der Waals surface area contributed by atoms with Gasteiger partial charge in [-0.15, -0.1) is 0 Å². The van der Waals surface area contributed by atoms with E-state index in [1.807, 2.05) is 30.3 Å². The van der Waals surface area contributed by atoms with E-state index < -0.39 is 0 Å². The maximum atomic E-state index is 6.18. The van der Waals surface area contributed by atoms with Crippen molar-refractivity contribution in [3.05, 3.63) is 47.9 Å². The fourth-order valence-electron chi connectivity index (χ4n) is 2.58. The first-order chi connectivity index (χ1) is 9.78. The largest absolute Gasteiger partial charge is 0.493 e. The number of para-hydroxylation sites is 2. The van der Waals surface area contributed by atoms with Crippen molar-refractivity contribution in [1.82, 2.24) is 4.90 Å². The third kappa shape index (κ3) is 2.51. The number of furan rings is 1. The number of ether oxygens (including phenoxy) is 2. The Morgan fingerprint density at radius 2 is 2.00 bits per heavy atom. The van der Waals surface area contributed by atoms with Gasteiger partial charge in [0.25, 0.3) is 0 Å². The van der Waals surface area contributed by atoms with Crippen molar-refractivity contribution in [2.45, 2.75) is 19.1 Å². The summed E-state index contributed by atoms with van der Waals surface area (Å²) in [4.78, 5) is 2.24. The van der Waals surface area contributed by atoms with Crippen molar-refractivity contribution >= 4 is 0 Å². The Balaban J connectivity index is 1.87. The number of benzene rings is 1. The summed E-state index contributed by atoms with van der Waals surface area (Å²) >= 11 is 0. The van der Waals surface area contributed by atoms with Crippen LogP contribution in [0.4, 0.5) is 0 Å². The van der Waals surface area contributed by atoms with Crippen molar-refractivity contribution in [3.63, 3.8) is 0 Å². The highest BCUT2D eigenvalue weighted by Gasteiger charge is 2.25. The summed E-state index contributed by atoms with van der Waals surface area (Å²) in [5, 5.41) is 0. The first kappa shape index (κ1) is 13.1. The van der Waals surface area contributed by atoms with Gasteiger partial charge in [-0.25, -0.2) is 0 Å². The van der Waals surface area contributed by atoms with E-state index >= 15 is 0 Å². The molecule has 0 saturated heterocycles. The molecule has 1 aliphatic rings. The van der Waals surface area contributed by atoms with Gasteiger partial charge < -0.3 is 13.9 Å². The Hall–Kier alpha value is -1.94. The molecule has 1 aromatic heterocycles. The summed E-state index contributed by atoms with van der Waals surface area (Å²) in [5.74, 6) is 2.52. The smallest absolute Gasteiger partial charge is 0.162 e. The summed E-state index contributed by atoms with van der Waals surface area (Å²) in [5.41, 5.74) is 1.14. The van der Waals surface area contributed by atoms with E-state index in [4.69, 9.17) is 13.9 Å². The van der Waals surface area contributed by atoms with Crippen LogP contribution in [0.5, 0.6) is 11.5 Å². The molecule has 1 unspecified atom stereocenters. The van der Waals surface area contributed by atoms with E-state index in [0.29, 0.717) is 0 Å². The van der Waals surface area contributed by atoms with Gasteiger partial charge in [-0.2, -0.15) is 0 Å². The van der Waals surface area contributed by atoms with E-state index in [-0.39, 0.29) is 6.10 Å². The molecule has 1 aromatic carbocycles. The fraction of sp³-hybridized carbons (Fsp3) is 0.375. The van der Waals surface area contributed by atoms with E-state index in [9.17, 15) is 0 Å². The van der Waals surface area contributed by atoms with Crippen molar-refractivity contribution < 1.29 is 13.9 Å². The summed E-state index contributed by atoms with van der Waals surface area (Å²) in [7, 11) is 3.75. The lowest BCUT2D eigenvalue weighted by Crippen LogP contribution is -2.18. The van der Waals surface area contributed by atoms with E-state index in [2.05, 4.69) is 11.9 Å². The Bertz CT molecular complexity index is 579. The molecule has 0 aliphatic carbocycles. The zero-order valence-corrected chi connectivity index (χ0v) is 11.8. The normalized spacial score (nSPS) is 19.2. The van der Waals surface area contributed by atoms with E-state index in [1.54, 1.807) is 13.4 Å². The van der Waals surface area contributed by atoms with Crippen LogP contribution in [0.3, 0.4) is 0 Å². The fourth-order valence-corrected chi connectivity index (χ4v) is 2.58. The third-order valence-electron chi connectivity index (χ3n) is 3.65. The predicted octanol–water partition coefficient (Wildman–Crippen LogP) is 3.24. The molecule has 0 bridgehead atoms. The SMILES string of the molecule is COc1ccccc1OC1CCN(C)Cc2occc21. The van der Waals surface area contributed by atoms with Crippen molar-refractivity contribution in [1.29, 1.82) is 0 Å². The molecule has 0 fully saturated rings. The second kappa shape index (κ2) is 5.59. The van der Waals surface area contributed by atoms with Crippen LogP contribution >= 0.6 is 0 Å². The van der Waals surface area contributed by atoms with Gasteiger partial charge in [-0.3, -0.25) is 4.90 Å². The van der Waals surface area contributed by atoms with Gasteiger partial charge in [-0.05, 0) is 25.2 Å². The molecule has 0 radical (unpaired) electrons. The van der Waals surface area contributed by atoms with Crippen molar-refractivity contribution in [2.24, 2.45) is 0 Å². The van der Waals surface area contributed by atoms with Crippen LogP contribution in [-0.2, 0) is 6.54 Å². The average Bonchev–Trinajstić information content (AvgIpc) is 2.86. The summed E-state index contributed by atoms with van der Waals surface area (Å²) in [6.45, 7) is 1.80. The van der Waals surface area contributed by atoms with Crippen molar-refractivity contribution in [2.75, 3.05) is 20.7 Å². The van der Waals surface area contributed by atoms with Crippen molar-refractivity contribution in [3.8, 4) is 11.5 Å². The topological polar surface area (TPSA) is 34.8 Å². The lowest BCUT2D eigenvalue weighted by Gasteiger charge is -2.19. The minimum absolute atomic E-state index is 0.00463. The van der Waals surface area contributed by atoms with Gasteiger partial charge in [0.1, 0.15) is 11.9 Å². The van der Waals surface area contributed by atoms with Gasteiger partial charge in [-0.1, -0.05) is 12.1 Å². The Morgan fingerprint density at radius 3 is 2.80 bits per heavy atom. The molecule has 1 atom stereocenters. The molecule has 4 heteroatoms. The van der Waals surface area contributed by atoms with Crippen LogP contribution in [0.15, 0.2) is 41.0 Å². The van der Waals surface area contributed by atoms with Gasteiger partial charge in [0.05, 0.1) is 19.9 Å². The molecule has 4 nitrogen and oxygen atoms in total. The number of hydrogen-bond acceptors (Lipinski definition) is 4. The van der Waals surface area contributed by atoms with Gasteiger partial charge in [0, 0.05) is 18.5 Å². The number of hydrogen-bond donors (Lipinski definition) is 0. The number of nitrogens with zero attached hydrogens (tertiary/aromatic N) is 1. The van der Waals surface area contributed by atoms with Gasteiger partial charge in [0.15, 0.2) is 11.5 Å². The van der Waals surface area contributed by atoms with Crippen LogP contribution in [0.1, 0.15) is 23.8 Å². The van der Waals surface area contributed by atoms with Crippen LogP contribution < -0.4 is 9.47 Å². The molecule has 1 aliphatic heterocycles. The highest BCUT2D eigenvalue weighted by atomic mass is 16.5. The summed E-state index contributed by atoms with van der Waals surface area (Å²) in [6.07, 6.45) is 2.67. The van der Waals surface area contributed by atoms with E-state index in [0.717, 1.165) is 42.3 Å². The molecule has 0 amide bonds. The van der Waals surface area contributed by atoms with E-state index in [1.165, 1.54) is 0 Å². The number of methoxy groups -OCH3 is 1. The predicted molar refractivity (Wildman–Crippen MR) is 76.0 cm³/mol. The highest BCUT2D eigenvalue weighted by Crippen LogP contribution is 2.35. The Labute approximate surface area is 118 Å². The van der Waals surface area contributed by atoms with Crippen LogP contribution in [-0.4, -0.2) is 25.6 Å². The van der Waals surface area contributed by atoms with Gasteiger partial charge >= 0.3 is 0 Å². The highest BCUT2D eigenvalue weighted by molar-refractivity contribution is 5.40. The second-order valence-corrected chi connectivity index (χ2v) is 5.08. The minimum atomic E-state index is 0.00463. The van der Waals surface area contributed by atoms with Crippen LogP contribution in [0, 0.1) is 0 Å². The summed E-state index contributed by atoms with van der Waals surface area (Å²) in [6, 6.07) is 9.75. The zero-order chi connectivity index (χ0) is 13.9. The molecular formula is C16H19NO3. The molecular weight excluding hydrogens is 254 g/mol. The standard InChI is InChI=1S/C16H19NO3/c1-17-9-7-13(12-8-10-19-16(12)11-17)20-15-6-4-3-5-14(15)18-2/h3-6,8,10,13H,7,9,11H2,1-2H3. The first-order valence-electron chi connectivity index (χ1n) is 6.82. The molecule has 0 spiro atoms. The lowest BCUT2D eigenvalue weighted by atomic mass is 10.1. The Kier molecular flexibility index (Phi) is 3.65. The molecule has 3 rings (SSSR count). The maximum absolute atomic E-state index is 6.18. The van der Waals surface area contributed by atoms with Crippen LogP contribution in [0.2, 0.25) is 0 Å². The second-order valence-electron chi connectivity index (χ2n) is 5.08. The molecule has 0 saturated carbocycles. The molecule has 20 heavy (non-hydrogen) atoms. The summed E-state index contributed by atoms with van der Waals surface area (Å²) < 4.78 is 17.1. The molecule has 0 N–H and O–H groups in total. The average molecular weight is 273 g/mol. The monoisotopic (exact) mass is 273 g/mol. The number of fused-ring (bicyclic) bond motifs is 1. The molecule has 106 valence electrons. The minimum Gasteiger partial charge on any atom is -0.493 e. The maximum Gasteiger partial charge on any atom is 0.162 e. The van der Waals surface area contributed by atoms with Crippen LogP contribution in [0.25, 0.3) is 0 Å². The first-order valence-corrected chi connectivity index (χ1v) is 6.82. The third-order valence-corrected chi connectivity index (χ3v) is 3.65.